The average Bonchev–Trinajstić information content (AvgIpc) is 3.14. The second kappa shape index (κ2) is 7.26. The third-order valence-electron chi connectivity index (χ3n) is 5.96. The molecule has 1 aliphatic carbocycles. The van der Waals surface area contributed by atoms with Crippen LogP contribution in [0.4, 0.5) is 0 Å². The lowest BCUT2D eigenvalue weighted by atomic mass is 10.0. The number of hydrogen-bond donors (Lipinski definition) is 0. The number of piperazine rings is 1. The van der Waals surface area contributed by atoms with E-state index < -0.39 is 14.6 Å². The van der Waals surface area contributed by atoms with E-state index in [2.05, 4.69) is 0 Å². The zero-order chi connectivity index (χ0) is 19.8. The van der Waals surface area contributed by atoms with Gasteiger partial charge in [-0.3, -0.25) is 9.59 Å². The minimum absolute atomic E-state index is 0.0133. The van der Waals surface area contributed by atoms with Crippen LogP contribution >= 0.6 is 0 Å². The van der Waals surface area contributed by atoms with Gasteiger partial charge in [-0.2, -0.15) is 0 Å². The second-order valence-electron chi connectivity index (χ2n) is 7.77. The van der Waals surface area contributed by atoms with Crippen LogP contribution < -0.4 is 0 Å². The summed E-state index contributed by atoms with van der Waals surface area (Å²) >= 11 is 0. The molecule has 0 aromatic heterocycles. The predicted octanol–water partition coefficient (Wildman–Crippen LogP) is 2.08. The van der Waals surface area contributed by atoms with Gasteiger partial charge in [0, 0.05) is 33.1 Å². The van der Waals surface area contributed by atoms with Crippen LogP contribution in [-0.2, 0) is 19.4 Å². The summed E-state index contributed by atoms with van der Waals surface area (Å²) < 4.78 is 26.0. The molecule has 1 aromatic rings. The molecule has 3 rings (SSSR count). The fraction of sp³-hybridized carbons (Fsp3) is 0.600. The molecule has 1 aliphatic heterocycles. The highest BCUT2D eigenvalue weighted by Crippen LogP contribution is 2.43. The van der Waals surface area contributed by atoms with Crippen LogP contribution in [0.3, 0.4) is 0 Å². The largest absolute Gasteiger partial charge is 0.339 e. The topological polar surface area (TPSA) is 74.8 Å². The smallest absolute Gasteiger partial charge is 0.244 e. The molecule has 0 radical (unpaired) electrons. The number of nitrogens with zero attached hydrogens (tertiary/aromatic N) is 2. The Hall–Kier alpha value is -1.89. The van der Waals surface area contributed by atoms with E-state index in [4.69, 9.17) is 0 Å². The van der Waals surface area contributed by atoms with Crippen LogP contribution in [0.1, 0.15) is 43.7 Å². The Morgan fingerprint density at radius 1 is 0.963 bits per heavy atom. The van der Waals surface area contributed by atoms with Gasteiger partial charge in [-0.25, -0.2) is 8.42 Å². The van der Waals surface area contributed by atoms with Crippen molar-refractivity contribution in [1.82, 2.24) is 9.80 Å². The minimum atomic E-state index is -3.80. The van der Waals surface area contributed by atoms with E-state index in [1.807, 2.05) is 13.0 Å². The van der Waals surface area contributed by atoms with Crippen LogP contribution in [-0.4, -0.2) is 61.0 Å². The van der Waals surface area contributed by atoms with E-state index in [-0.39, 0.29) is 16.7 Å². The highest BCUT2D eigenvalue weighted by atomic mass is 32.2. The number of sulfone groups is 1. The van der Waals surface area contributed by atoms with E-state index in [1.165, 1.54) is 6.92 Å². The summed E-state index contributed by atoms with van der Waals surface area (Å²) in [5.41, 5.74) is 1.55. The highest BCUT2D eigenvalue weighted by molar-refractivity contribution is 7.93. The van der Waals surface area contributed by atoms with Crippen molar-refractivity contribution in [2.45, 2.75) is 56.1 Å². The third-order valence-corrected chi connectivity index (χ3v) is 8.59. The zero-order valence-electron chi connectivity index (χ0n) is 16.3. The van der Waals surface area contributed by atoms with E-state index in [1.54, 1.807) is 28.9 Å². The summed E-state index contributed by atoms with van der Waals surface area (Å²) in [6.45, 7) is 6.86. The molecule has 1 saturated carbocycles. The Labute approximate surface area is 161 Å². The lowest BCUT2D eigenvalue weighted by Crippen LogP contribution is -2.58. The molecule has 0 spiro atoms. The maximum atomic E-state index is 13.7. The standard InChI is InChI=1S/C20H28N2O4S/c1-15-6-7-16(2)18(14-15)27(25,26)20(8-4-5-9-20)19(24)22-12-10-21(11-13-22)17(3)23/h6-7,14H,4-5,8-13H2,1-3H3. The fourth-order valence-corrected chi connectivity index (χ4v) is 6.70. The predicted molar refractivity (Wildman–Crippen MR) is 103 cm³/mol. The number of carbonyl (C=O) groups is 2. The van der Waals surface area contributed by atoms with Gasteiger partial charge in [-0.15, -0.1) is 0 Å². The minimum Gasteiger partial charge on any atom is -0.339 e. The molecule has 6 nitrogen and oxygen atoms in total. The highest BCUT2D eigenvalue weighted by Gasteiger charge is 2.55. The first-order chi connectivity index (χ1) is 12.7. The molecule has 0 atom stereocenters. The molecule has 2 amide bonds. The van der Waals surface area contributed by atoms with Crippen molar-refractivity contribution < 1.29 is 18.0 Å². The van der Waals surface area contributed by atoms with E-state index in [0.29, 0.717) is 44.6 Å². The molecule has 1 aromatic carbocycles. The van der Waals surface area contributed by atoms with Crippen molar-refractivity contribution in [2.24, 2.45) is 0 Å². The quantitative estimate of drug-likeness (QED) is 0.789. The molecule has 0 N–H and O–H groups in total. The number of aryl methyl sites for hydroxylation is 2. The zero-order valence-corrected chi connectivity index (χ0v) is 17.1. The van der Waals surface area contributed by atoms with Crippen LogP contribution in [0.5, 0.6) is 0 Å². The SMILES string of the molecule is CC(=O)N1CCN(C(=O)C2(S(=O)(=O)c3cc(C)ccc3C)CCCC2)CC1. The van der Waals surface area contributed by atoms with Gasteiger partial charge in [0.1, 0.15) is 0 Å². The molecule has 7 heteroatoms. The van der Waals surface area contributed by atoms with E-state index >= 15 is 0 Å². The number of hydrogen-bond acceptors (Lipinski definition) is 4. The van der Waals surface area contributed by atoms with Gasteiger partial charge in [0.15, 0.2) is 14.6 Å². The second-order valence-corrected chi connectivity index (χ2v) is 10.0. The van der Waals surface area contributed by atoms with E-state index in [9.17, 15) is 18.0 Å². The summed E-state index contributed by atoms with van der Waals surface area (Å²) in [6, 6.07) is 5.38. The molecule has 0 unspecified atom stereocenters. The summed E-state index contributed by atoms with van der Waals surface area (Å²) in [4.78, 5) is 28.6. The molecule has 27 heavy (non-hydrogen) atoms. The van der Waals surface area contributed by atoms with Gasteiger partial charge in [0.2, 0.25) is 11.8 Å². The average molecular weight is 393 g/mol. The Morgan fingerprint density at radius 2 is 1.52 bits per heavy atom. The van der Waals surface area contributed by atoms with Crippen LogP contribution in [0.15, 0.2) is 23.1 Å². The first-order valence-electron chi connectivity index (χ1n) is 9.56. The number of amides is 2. The third kappa shape index (κ3) is 3.37. The van der Waals surface area contributed by atoms with Gasteiger partial charge in [-0.1, -0.05) is 25.0 Å². The Bertz CT molecular complexity index is 849. The molecule has 1 heterocycles. The maximum absolute atomic E-state index is 13.7. The molecule has 0 bridgehead atoms. The molecule has 2 aliphatic rings. The van der Waals surface area contributed by atoms with Gasteiger partial charge in [-0.05, 0) is 43.9 Å². The Morgan fingerprint density at radius 3 is 2.07 bits per heavy atom. The Balaban J connectivity index is 1.95. The summed E-state index contributed by atoms with van der Waals surface area (Å²) in [7, 11) is -3.80. The summed E-state index contributed by atoms with van der Waals surface area (Å²) in [5, 5.41) is 0. The lowest BCUT2D eigenvalue weighted by Gasteiger charge is -2.39. The van der Waals surface area contributed by atoms with Crippen molar-refractivity contribution in [3.8, 4) is 0 Å². The van der Waals surface area contributed by atoms with Crippen molar-refractivity contribution in [3.63, 3.8) is 0 Å². The lowest BCUT2D eigenvalue weighted by molar-refractivity contribution is -0.140. The van der Waals surface area contributed by atoms with Crippen molar-refractivity contribution in [1.29, 1.82) is 0 Å². The van der Waals surface area contributed by atoms with Crippen molar-refractivity contribution in [3.05, 3.63) is 29.3 Å². The van der Waals surface area contributed by atoms with Gasteiger partial charge >= 0.3 is 0 Å². The van der Waals surface area contributed by atoms with Crippen molar-refractivity contribution in [2.75, 3.05) is 26.2 Å². The molecular weight excluding hydrogens is 364 g/mol. The maximum Gasteiger partial charge on any atom is 0.244 e. The van der Waals surface area contributed by atoms with Crippen LogP contribution in [0.2, 0.25) is 0 Å². The van der Waals surface area contributed by atoms with Crippen LogP contribution in [0, 0.1) is 13.8 Å². The first-order valence-corrected chi connectivity index (χ1v) is 11.0. The molecule has 148 valence electrons. The number of rotatable bonds is 3. The van der Waals surface area contributed by atoms with Crippen LogP contribution in [0.25, 0.3) is 0 Å². The Kier molecular flexibility index (Phi) is 5.34. The molecule has 1 saturated heterocycles. The number of carbonyl (C=O) groups excluding carboxylic acids is 2. The first kappa shape index (κ1) is 19.9. The normalized spacial score (nSPS) is 20.0. The van der Waals surface area contributed by atoms with Gasteiger partial charge in [0.05, 0.1) is 4.90 Å². The van der Waals surface area contributed by atoms with Crippen molar-refractivity contribution >= 4 is 21.7 Å². The fourth-order valence-electron chi connectivity index (χ4n) is 4.26. The van der Waals surface area contributed by atoms with Gasteiger partial charge < -0.3 is 9.80 Å². The monoisotopic (exact) mass is 392 g/mol. The summed E-state index contributed by atoms with van der Waals surface area (Å²) in [6.07, 6.45) is 2.22. The molecular formula is C20H28N2O4S. The van der Waals surface area contributed by atoms with Gasteiger partial charge in [0.25, 0.3) is 0 Å². The molecule has 2 fully saturated rings. The summed E-state index contributed by atoms with van der Waals surface area (Å²) in [5.74, 6) is -0.301. The number of benzene rings is 1. The van der Waals surface area contributed by atoms with E-state index in [0.717, 1.165) is 18.4 Å².